The van der Waals surface area contributed by atoms with Crippen molar-refractivity contribution >= 4 is 11.7 Å². The van der Waals surface area contributed by atoms with Crippen molar-refractivity contribution in [3.63, 3.8) is 0 Å². The largest absolute Gasteiger partial charge is 0.450 e. The Morgan fingerprint density at radius 1 is 1.00 bits per heavy atom. The van der Waals surface area contributed by atoms with Crippen molar-refractivity contribution in [2.45, 2.75) is 12.8 Å². The first-order valence-corrected chi connectivity index (χ1v) is 11.4. The van der Waals surface area contributed by atoms with E-state index >= 15 is 0 Å². The molecule has 1 aliphatic carbocycles. The van der Waals surface area contributed by atoms with Crippen molar-refractivity contribution < 1.29 is 18.7 Å². The van der Waals surface area contributed by atoms with Crippen LogP contribution in [-0.2, 0) is 11.2 Å². The molecule has 7 heteroatoms. The highest BCUT2D eigenvalue weighted by atomic mass is 16.5. The van der Waals surface area contributed by atoms with E-state index < -0.39 is 0 Å². The van der Waals surface area contributed by atoms with Crippen LogP contribution in [0.2, 0.25) is 0 Å². The number of fused-ring (bicyclic) bond motifs is 1. The molecule has 3 aromatic rings. The van der Waals surface area contributed by atoms with Gasteiger partial charge in [-0.2, -0.15) is 0 Å². The van der Waals surface area contributed by atoms with Crippen molar-refractivity contribution in [1.82, 2.24) is 14.8 Å². The Hall–Kier alpha value is -3.29. The smallest absolute Gasteiger partial charge is 0.289 e. The topological polar surface area (TPSA) is 75.9 Å². The van der Waals surface area contributed by atoms with Crippen LogP contribution in [0.5, 0.6) is 0 Å². The maximum Gasteiger partial charge on any atom is 0.289 e. The number of piperazine rings is 1. The third kappa shape index (κ3) is 4.34. The number of furan rings is 1. The van der Waals surface area contributed by atoms with Crippen LogP contribution in [0.25, 0.3) is 22.5 Å². The zero-order valence-corrected chi connectivity index (χ0v) is 18.8. The van der Waals surface area contributed by atoms with E-state index in [-0.39, 0.29) is 11.7 Å². The van der Waals surface area contributed by atoms with E-state index in [0.717, 1.165) is 53.9 Å². The lowest BCUT2D eigenvalue weighted by Gasteiger charge is -2.34. The van der Waals surface area contributed by atoms with Gasteiger partial charge in [0.25, 0.3) is 5.91 Å². The SMILES string of the molecule is COCCN1CCN(C(=O)c2cc(-c3ccc4c(c3)CCC4=O)c(-c3ccncc3)o2)CC1. The Morgan fingerprint density at radius 2 is 1.79 bits per heavy atom. The molecule has 0 saturated carbocycles. The molecule has 0 unspecified atom stereocenters. The summed E-state index contributed by atoms with van der Waals surface area (Å²) in [4.78, 5) is 33.6. The molecule has 0 bridgehead atoms. The van der Waals surface area contributed by atoms with Crippen molar-refractivity contribution in [3.05, 3.63) is 65.7 Å². The molecule has 170 valence electrons. The van der Waals surface area contributed by atoms with Gasteiger partial charge in [-0.15, -0.1) is 0 Å². The number of aryl methyl sites for hydroxylation is 1. The number of rotatable bonds is 6. The molecule has 0 atom stereocenters. The van der Waals surface area contributed by atoms with E-state index in [9.17, 15) is 9.59 Å². The number of hydrogen-bond donors (Lipinski definition) is 0. The zero-order chi connectivity index (χ0) is 22.8. The van der Waals surface area contributed by atoms with E-state index in [0.29, 0.717) is 37.6 Å². The minimum absolute atomic E-state index is 0.0979. The van der Waals surface area contributed by atoms with E-state index in [4.69, 9.17) is 9.15 Å². The second kappa shape index (κ2) is 9.29. The molecule has 1 fully saturated rings. The Morgan fingerprint density at radius 3 is 2.55 bits per heavy atom. The summed E-state index contributed by atoms with van der Waals surface area (Å²) in [5.41, 5.74) is 4.52. The number of carbonyl (C=O) groups is 2. The number of carbonyl (C=O) groups excluding carboxylic acids is 2. The highest BCUT2D eigenvalue weighted by Crippen LogP contribution is 2.37. The second-order valence-electron chi connectivity index (χ2n) is 8.51. The summed E-state index contributed by atoms with van der Waals surface area (Å²) in [6, 6.07) is 11.5. The average Bonchev–Trinajstić information content (AvgIpc) is 3.47. The number of hydrogen-bond acceptors (Lipinski definition) is 6. The lowest BCUT2D eigenvalue weighted by atomic mass is 9.98. The summed E-state index contributed by atoms with van der Waals surface area (Å²) in [5, 5.41) is 0. The van der Waals surface area contributed by atoms with E-state index in [1.165, 1.54) is 0 Å². The van der Waals surface area contributed by atoms with Crippen molar-refractivity contribution in [3.8, 4) is 22.5 Å². The van der Waals surface area contributed by atoms with Gasteiger partial charge in [-0.1, -0.05) is 18.2 Å². The highest BCUT2D eigenvalue weighted by Gasteiger charge is 2.27. The average molecular weight is 446 g/mol. The lowest BCUT2D eigenvalue weighted by molar-refractivity contribution is 0.0566. The molecule has 2 aromatic heterocycles. The molecule has 0 N–H and O–H groups in total. The fourth-order valence-corrected chi connectivity index (χ4v) is 4.60. The first-order valence-electron chi connectivity index (χ1n) is 11.4. The van der Waals surface area contributed by atoms with Gasteiger partial charge in [-0.3, -0.25) is 19.5 Å². The Labute approximate surface area is 193 Å². The van der Waals surface area contributed by atoms with Crippen molar-refractivity contribution in [1.29, 1.82) is 0 Å². The molecule has 2 aliphatic rings. The van der Waals surface area contributed by atoms with Crippen molar-refractivity contribution in [2.24, 2.45) is 0 Å². The molecule has 0 radical (unpaired) electrons. The molecule has 7 nitrogen and oxygen atoms in total. The van der Waals surface area contributed by atoms with Gasteiger partial charge in [0.15, 0.2) is 11.5 Å². The third-order valence-corrected chi connectivity index (χ3v) is 6.49. The fourth-order valence-electron chi connectivity index (χ4n) is 4.60. The van der Waals surface area contributed by atoms with Crippen LogP contribution in [-0.4, -0.2) is 72.9 Å². The molecular formula is C26H27N3O4. The monoisotopic (exact) mass is 445 g/mol. The number of Topliss-reactive ketones (excluding diaryl/α,β-unsaturated/α-hetero) is 1. The third-order valence-electron chi connectivity index (χ3n) is 6.49. The van der Waals surface area contributed by atoms with Crippen LogP contribution in [0.4, 0.5) is 0 Å². The highest BCUT2D eigenvalue weighted by molar-refractivity contribution is 6.01. The minimum Gasteiger partial charge on any atom is -0.450 e. The van der Waals surface area contributed by atoms with Gasteiger partial charge in [0.2, 0.25) is 0 Å². The number of ketones is 1. The molecule has 1 amide bonds. The van der Waals surface area contributed by atoms with Crippen molar-refractivity contribution in [2.75, 3.05) is 46.4 Å². The first-order chi connectivity index (χ1) is 16.1. The van der Waals surface area contributed by atoms with Crippen LogP contribution < -0.4 is 0 Å². The summed E-state index contributed by atoms with van der Waals surface area (Å²) < 4.78 is 11.3. The van der Waals surface area contributed by atoms with Crippen LogP contribution in [0.15, 0.2) is 53.2 Å². The second-order valence-corrected chi connectivity index (χ2v) is 8.51. The number of ether oxygens (including phenoxy) is 1. The normalized spacial score (nSPS) is 16.3. The number of methoxy groups -OCH3 is 1. The lowest BCUT2D eigenvalue weighted by Crippen LogP contribution is -2.49. The van der Waals surface area contributed by atoms with Crippen LogP contribution in [0.3, 0.4) is 0 Å². The summed E-state index contributed by atoms with van der Waals surface area (Å²) in [6.45, 7) is 4.51. The molecule has 33 heavy (non-hydrogen) atoms. The van der Waals surface area contributed by atoms with Gasteiger partial charge in [-0.25, -0.2) is 0 Å². The summed E-state index contributed by atoms with van der Waals surface area (Å²) in [6.07, 6.45) is 4.73. The van der Waals surface area contributed by atoms with Crippen LogP contribution >= 0.6 is 0 Å². The van der Waals surface area contributed by atoms with Gasteiger partial charge < -0.3 is 14.1 Å². The summed E-state index contributed by atoms with van der Waals surface area (Å²) in [5.74, 6) is 1.07. The fraction of sp³-hybridized carbons (Fsp3) is 0.346. The van der Waals surface area contributed by atoms with Gasteiger partial charge in [0, 0.05) is 75.3 Å². The molecule has 1 saturated heterocycles. The predicted molar refractivity (Wildman–Crippen MR) is 124 cm³/mol. The summed E-state index contributed by atoms with van der Waals surface area (Å²) >= 11 is 0. The Balaban J connectivity index is 1.45. The van der Waals surface area contributed by atoms with Crippen LogP contribution in [0.1, 0.15) is 32.9 Å². The van der Waals surface area contributed by atoms with E-state index in [2.05, 4.69) is 16.0 Å². The van der Waals surface area contributed by atoms with Crippen LogP contribution in [0, 0.1) is 0 Å². The number of benzene rings is 1. The molecular weight excluding hydrogens is 418 g/mol. The van der Waals surface area contributed by atoms with E-state index in [1.807, 2.05) is 35.2 Å². The molecule has 1 aliphatic heterocycles. The van der Waals surface area contributed by atoms with Gasteiger partial charge >= 0.3 is 0 Å². The van der Waals surface area contributed by atoms with E-state index in [1.54, 1.807) is 19.5 Å². The van der Waals surface area contributed by atoms with Gasteiger partial charge in [-0.05, 0) is 35.7 Å². The molecule has 5 rings (SSSR count). The molecule has 3 heterocycles. The summed E-state index contributed by atoms with van der Waals surface area (Å²) in [7, 11) is 1.70. The van der Waals surface area contributed by atoms with Gasteiger partial charge in [0.1, 0.15) is 5.76 Å². The quantitative estimate of drug-likeness (QED) is 0.578. The predicted octanol–water partition coefficient (Wildman–Crippen LogP) is 3.54. The number of nitrogens with zero attached hydrogens (tertiary/aromatic N) is 3. The number of amides is 1. The number of aromatic nitrogens is 1. The molecule has 1 aromatic carbocycles. The Kier molecular flexibility index (Phi) is 6.07. The maximum atomic E-state index is 13.3. The zero-order valence-electron chi connectivity index (χ0n) is 18.8. The number of pyridine rings is 1. The molecule has 0 spiro atoms. The minimum atomic E-state index is -0.0979. The Bertz CT molecular complexity index is 1160. The first kappa shape index (κ1) is 21.6. The van der Waals surface area contributed by atoms with Gasteiger partial charge in [0.05, 0.1) is 6.61 Å². The maximum absolute atomic E-state index is 13.3. The standard InChI is InChI=1S/C26H27N3O4/c1-32-15-14-28-10-12-29(13-11-28)26(31)24-17-22(25(33-24)18-6-8-27-9-7-18)20-2-4-21-19(16-20)3-5-23(21)30/h2,4,6-9,16-17H,3,5,10-15H2,1H3.